The number of carbonyl (C=O) groups is 1. The van der Waals surface area contributed by atoms with Gasteiger partial charge in [-0.15, -0.1) is 0 Å². The number of halogens is 1. The molecule has 3 N–H and O–H groups in total. The Labute approximate surface area is 116 Å². The van der Waals surface area contributed by atoms with Crippen LogP contribution < -0.4 is 11.1 Å². The highest BCUT2D eigenvalue weighted by Crippen LogP contribution is 2.62. The van der Waals surface area contributed by atoms with Crippen LogP contribution in [-0.4, -0.2) is 11.9 Å². The first kappa shape index (κ1) is 13.4. The Kier molecular flexibility index (Phi) is 2.97. The molecule has 1 aromatic carbocycles. The Balaban J connectivity index is 2.17. The van der Waals surface area contributed by atoms with Gasteiger partial charge in [-0.2, -0.15) is 0 Å². The molecule has 18 heavy (non-hydrogen) atoms. The molecule has 0 aliphatic heterocycles. The molecule has 0 unspecified atom stereocenters. The summed E-state index contributed by atoms with van der Waals surface area (Å²) in [7, 11) is 0. The molecule has 1 amide bonds. The fourth-order valence-corrected chi connectivity index (χ4v) is 2.91. The van der Waals surface area contributed by atoms with Gasteiger partial charge in [-0.25, -0.2) is 0 Å². The smallest absolute Gasteiger partial charge is 0.252 e. The second kappa shape index (κ2) is 3.98. The third-order valence-electron chi connectivity index (χ3n) is 4.53. The van der Waals surface area contributed by atoms with E-state index in [-0.39, 0.29) is 22.8 Å². The van der Waals surface area contributed by atoms with Gasteiger partial charge < -0.3 is 11.1 Å². The summed E-state index contributed by atoms with van der Waals surface area (Å²) >= 11 is 3.38. The van der Waals surface area contributed by atoms with Crippen LogP contribution in [-0.2, 0) is 0 Å². The minimum absolute atomic E-state index is 0.0715. The summed E-state index contributed by atoms with van der Waals surface area (Å²) in [5.41, 5.74) is 7.17. The molecule has 0 spiro atoms. The molecule has 98 valence electrons. The molecule has 3 nitrogen and oxygen atoms in total. The number of hydrogen-bond donors (Lipinski definition) is 2. The second-order valence-electron chi connectivity index (χ2n) is 6.09. The summed E-state index contributed by atoms with van der Waals surface area (Å²) in [4.78, 5) is 12.2. The summed E-state index contributed by atoms with van der Waals surface area (Å²) in [5, 5.41) is 3.09. The zero-order valence-electron chi connectivity index (χ0n) is 11.2. The number of anilines is 1. The third-order valence-corrected chi connectivity index (χ3v) is 5.22. The van der Waals surface area contributed by atoms with E-state index >= 15 is 0 Å². The number of nitrogens with one attached hydrogen (secondary N) is 1. The fourth-order valence-electron chi connectivity index (χ4n) is 2.48. The van der Waals surface area contributed by atoms with Crippen LogP contribution in [0.25, 0.3) is 0 Å². The molecule has 0 bridgehead atoms. The molecule has 2 rings (SSSR count). The van der Waals surface area contributed by atoms with Gasteiger partial charge in [-0.3, -0.25) is 4.79 Å². The van der Waals surface area contributed by atoms with Crippen molar-refractivity contribution < 1.29 is 4.79 Å². The van der Waals surface area contributed by atoms with Crippen molar-refractivity contribution in [2.45, 2.75) is 33.7 Å². The van der Waals surface area contributed by atoms with Gasteiger partial charge in [0.1, 0.15) is 0 Å². The van der Waals surface area contributed by atoms with Gasteiger partial charge in [-0.05, 0) is 45.0 Å². The Morgan fingerprint density at radius 3 is 2.33 bits per heavy atom. The minimum Gasteiger partial charge on any atom is -0.399 e. The summed E-state index contributed by atoms with van der Waals surface area (Å²) in [5.74, 6) is -0.0715. The van der Waals surface area contributed by atoms with E-state index in [4.69, 9.17) is 5.73 Å². The van der Waals surface area contributed by atoms with Gasteiger partial charge in [0, 0.05) is 16.2 Å². The maximum atomic E-state index is 12.2. The first-order chi connectivity index (χ1) is 8.18. The van der Waals surface area contributed by atoms with E-state index in [0.29, 0.717) is 11.3 Å². The molecule has 0 radical (unpaired) electrons. The predicted octanol–water partition coefficient (Wildman–Crippen LogP) is 3.20. The van der Waals surface area contributed by atoms with Crippen LogP contribution in [0.2, 0.25) is 0 Å². The largest absolute Gasteiger partial charge is 0.399 e. The topological polar surface area (TPSA) is 55.1 Å². The highest BCUT2D eigenvalue weighted by Gasteiger charge is 2.65. The molecule has 4 heteroatoms. The molecule has 1 saturated carbocycles. The minimum atomic E-state index is -0.0715. The Morgan fingerprint density at radius 2 is 1.83 bits per heavy atom. The van der Waals surface area contributed by atoms with Gasteiger partial charge in [-0.1, -0.05) is 27.7 Å². The number of nitrogen functional groups attached to an aromatic ring is 1. The molecule has 0 saturated heterocycles. The van der Waals surface area contributed by atoms with Crippen molar-refractivity contribution in [3.63, 3.8) is 0 Å². The predicted molar refractivity (Wildman–Crippen MR) is 77.4 cm³/mol. The van der Waals surface area contributed by atoms with Crippen LogP contribution in [0.1, 0.15) is 38.1 Å². The Hall–Kier alpha value is -1.03. The summed E-state index contributed by atoms with van der Waals surface area (Å²) in [6.45, 7) is 8.69. The normalized spacial score (nSPS) is 20.5. The number of nitrogens with two attached hydrogens (primary N) is 1. The van der Waals surface area contributed by atoms with Crippen LogP contribution in [0.4, 0.5) is 5.69 Å². The van der Waals surface area contributed by atoms with E-state index in [1.54, 1.807) is 18.2 Å². The Bertz CT molecular complexity index is 495. The average molecular weight is 311 g/mol. The standard InChI is InChI=1S/C14H19BrN2O/c1-13(2)12(14(13,3)4)17-11(18)9-7-8(16)5-6-10(9)15/h5-7,12H,16H2,1-4H3,(H,17,18). The molecule has 1 aliphatic carbocycles. The summed E-state index contributed by atoms with van der Waals surface area (Å²) in [6, 6.07) is 5.46. The van der Waals surface area contributed by atoms with Crippen LogP contribution in [0.15, 0.2) is 22.7 Å². The van der Waals surface area contributed by atoms with Crippen molar-refractivity contribution in [1.82, 2.24) is 5.32 Å². The van der Waals surface area contributed by atoms with Gasteiger partial charge in [0.2, 0.25) is 0 Å². The van der Waals surface area contributed by atoms with E-state index in [1.165, 1.54) is 0 Å². The number of hydrogen-bond acceptors (Lipinski definition) is 2. The van der Waals surface area contributed by atoms with Gasteiger partial charge in [0.25, 0.3) is 5.91 Å². The first-order valence-electron chi connectivity index (χ1n) is 6.04. The number of carbonyl (C=O) groups excluding carboxylic acids is 1. The molecule has 0 aromatic heterocycles. The lowest BCUT2D eigenvalue weighted by Crippen LogP contribution is -2.30. The van der Waals surface area contributed by atoms with Crippen molar-refractivity contribution in [2.75, 3.05) is 5.73 Å². The second-order valence-corrected chi connectivity index (χ2v) is 6.94. The van der Waals surface area contributed by atoms with E-state index in [1.807, 2.05) is 0 Å². The lowest BCUT2D eigenvalue weighted by atomic mass is 10.0. The van der Waals surface area contributed by atoms with E-state index in [2.05, 4.69) is 48.9 Å². The monoisotopic (exact) mass is 310 g/mol. The summed E-state index contributed by atoms with van der Waals surface area (Å²) in [6.07, 6.45) is 0. The third kappa shape index (κ3) is 1.92. The lowest BCUT2D eigenvalue weighted by molar-refractivity contribution is 0.0943. The number of amides is 1. The van der Waals surface area contributed by atoms with Gasteiger partial charge >= 0.3 is 0 Å². The molecule has 0 heterocycles. The summed E-state index contributed by atoms with van der Waals surface area (Å²) < 4.78 is 0.769. The van der Waals surface area contributed by atoms with Crippen molar-refractivity contribution in [3.05, 3.63) is 28.2 Å². The van der Waals surface area contributed by atoms with Crippen LogP contribution in [0.5, 0.6) is 0 Å². The molecule has 1 aliphatic rings. The molecular weight excluding hydrogens is 292 g/mol. The highest BCUT2D eigenvalue weighted by atomic mass is 79.9. The van der Waals surface area contributed by atoms with Crippen LogP contribution in [0, 0.1) is 10.8 Å². The molecule has 1 aromatic rings. The fraction of sp³-hybridized carbons (Fsp3) is 0.500. The highest BCUT2D eigenvalue weighted by molar-refractivity contribution is 9.10. The van der Waals surface area contributed by atoms with Gasteiger partial charge in [0.05, 0.1) is 5.56 Å². The zero-order chi connectivity index (χ0) is 13.7. The first-order valence-corrected chi connectivity index (χ1v) is 6.83. The SMILES string of the molecule is CC1(C)C(NC(=O)c2cc(N)ccc2Br)C1(C)C. The van der Waals surface area contributed by atoms with Crippen molar-refractivity contribution >= 4 is 27.5 Å². The number of rotatable bonds is 2. The maximum absolute atomic E-state index is 12.2. The van der Waals surface area contributed by atoms with E-state index < -0.39 is 0 Å². The lowest BCUT2D eigenvalue weighted by Gasteiger charge is -2.09. The zero-order valence-corrected chi connectivity index (χ0v) is 12.8. The van der Waals surface area contributed by atoms with Crippen LogP contribution >= 0.6 is 15.9 Å². The van der Waals surface area contributed by atoms with E-state index in [0.717, 1.165) is 4.47 Å². The average Bonchev–Trinajstić information content (AvgIpc) is 2.64. The van der Waals surface area contributed by atoms with Gasteiger partial charge in [0.15, 0.2) is 0 Å². The van der Waals surface area contributed by atoms with Crippen molar-refractivity contribution in [3.8, 4) is 0 Å². The molecule has 0 atom stereocenters. The van der Waals surface area contributed by atoms with Crippen LogP contribution in [0.3, 0.4) is 0 Å². The van der Waals surface area contributed by atoms with Crippen molar-refractivity contribution in [1.29, 1.82) is 0 Å². The number of benzene rings is 1. The quantitative estimate of drug-likeness (QED) is 0.824. The maximum Gasteiger partial charge on any atom is 0.252 e. The van der Waals surface area contributed by atoms with Crippen molar-refractivity contribution in [2.24, 2.45) is 10.8 Å². The molecular formula is C14H19BrN2O. The molecule has 1 fully saturated rings. The van der Waals surface area contributed by atoms with E-state index in [9.17, 15) is 4.79 Å². The Morgan fingerprint density at radius 1 is 1.28 bits per heavy atom.